The Morgan fingerprint density at radius 3 is 3.00 bits per heavy atom. The molecule has 15 heavy (non-hydrogen) atoms. The average Bonchev–Trinajstić information content (AvgIpc) is 2.62. The number of nitrogens with zero attached hydrogens (tertiary/aromatic N) is 1. The maximum Gasteiger partial charge on any atom is 0.358 e. The predicted octanol–water partition coefficient (Wildman–Crippen LogP) is 0.897. The van der Waals surface area contributed by atoms with Gasteiger partial charge in [0.15, 0.2) is 5.69 Å². The molecule has 0 fully saturated rings. The van der Waals surface area contributed by atoms with E-state index in [-0.39, 0.29) is 11.4 Å². The molecule has 0 atom stereocenters. The van der Waals surface area contributed by atoms with Crippen LogP contribution in [0.4, 0.5) is 0 Å². The zero-order valence-corrected chi connectivity index (χ0v) is 9.69. The highest BCUT2D eigenvalue weighted by Gasteiger charge is 2.16. The molecule has 0 spiro atoms. The molecule has 1 aromatic heterocycles. The molecule has 1 heterocycles. The van der Waals surface area contributed by atoms with Gasteiger partial charge in [-0.1, -0.05) is 0 Å². The Balaban J connectivity index is 2.68. The lowest BCUT2D eigenvalue weighted by Crippen LogP contribution is -2.13. The van der Waals surface area contributed by atoms with Crippen LogP contribution in [0.1, 0.15) is 17.4 Å². The van der Waals surface area contributed by atoms with E-state index in [1.54, 1.807) is 6.92 Å². The van der Waals surface area contributed by atoms with E-state index in [2.05, 4.69) is 4.98 Å². The van der Waals surface area contributed by atoms with Crippen LogP contribution in [0.25, 0.3) is 0 Å². The maximum absolute atomic E-state index is 11.4. The van der Waals surface area contributed by atoms with Crippen LogP contribution in [-0.4, -0.2) is 29.2 Å². The van der Waals surface area contributed by atoms with E-state index in [4.69, 9.17) is 10.5 Å². The second kappa shape index (κ2) is 5.72. The van der Waals surface area contributed by atoms with Crippen molar-refractivity contribution < 1.29 is 14.3 Å². The topological polar surface area (TPSA) is 82.3 Å². The van der Waals surface area contributed by atoms with Crippen molar-refractivity contribution in [1.29, 1.82) is 0 Å². The smallest absolute Gasteiger partial charge is 0.358 e. The number of esters is 1. The van der Waals surface area contributed by atoms with Gasteiger partial charge < -0.3 is 10.5 Å². The zero-order valence-electron chi connectivity index (χ0n) is 8.06. The Hall–Kier alpha value is -1.08. The van der Waals surface area contributed by atoms with Crippen molar-refractivity contribution in [2.45, 2.75) is 11.1 Å². The second-order valence-corrected chi connectivity index (χ2v) is 4.56. The Kier molecular flexibility index (Phi) is 4.57. The van der Waals surface area contributed by atoms with Crippen molar-refractivity contribution >= 4 is 35.0 Å². The van der Waals surface area contributed by atoms with E-state index >= 15 is 0 Å². The molecule has 1 aromatic rings. The van der Waals surface area contributed by atoms with Gasteiger partial charge in [-0.2, -0.15) is 0 Å². The van der Waals surface area contributed by atoms with Crippen molar-refractivity contribution in [3.05, 3.63) is 11.2 Å². The van der Waals surface area contributed by atoms with Crippen LogP contribution in [0.5, 0.6) is 0 Å². The van der Waals surface area contributed by atoms with E-state index in [1.807, 2.05) is 0 Å². The molecule has 1 rings (SSSR count). The van der Waals surface area contributed by atoms with Crippen LogP contribution < -0.4 is 5.73 Å². The first-order chi connectivity index (χ1) is 7.15. The fourth-order valence-electron chi connectivity index (χ4n) is 0.810. The van der Waals surface area contributed by atoms with Crippen LogP contribution in [0.3, 0.4) is 0 Å². The highest BCUT2D eigenvalue weighted by atomic mass is 32.2. The molecule has 0 aliphatic rings. The number of ether oxygens (including phenoxy) is 1. The van der Waals surface area contributed by atoms with Gasteiger partial charge in [0.1, 0.15) is 0 Å². The zero-order chi connectivity index (χ0) is 11.3. The second-order valence-electron chi connectivity index (χ2n) is 2.46. The lowest BCUT2D eigenvalue weighted by atomic mass is 10.5. The standard InChI is InChI=1S/C8H10N2O3S2/c1-2-13-7(12)6-8(15-4-10-6)14-3-5(9)11/h4H,2-3H2,1H3,(H2,9,11). The SMILES string of the molecule is CCOC(=O)c1ncsc1SCC(N)=O. The normalized spacial score (nSPS) is 9.93. The first-order valence-electron chi connectivity index (χ1n) is 4.16. The summed E-state index contributed by atoms with van der Waals surface area (Å²) in [7, 11) is 0. The van der Waals surface area contributed by atoms with E-state index in [1.165, 1.54) is 28.6 Å². The largest absolute Gasteiger partial charge is 0.461 e. The van der Waals surface area contributed by atoms with E-state index < -0.39 is 11.9 Å². The maximum atomic E-state index is 11.4. The summed E-state index contributed by atoms with van der Waals surface area (Å²) in [5.74, 6) is -0.761. The minimum atomic E-state index is -0.467. The summed E-state index contributed by atoms with van der Waals surface area (Å²) in [6, 6.07) is 0. The number of thioether (sulfide) groups is 1. The number of carbonyl (C=O) groups is 2. The van der Waals surface area contributed by atoms with Gasteiger partial charge in [-0.15, -0.1) is 23.1 Å². The highest BCUT2D eigenvalue weighted by molar-refractivity contribution is 8.01. The number of hydrogen-bond acceptors (Lipinski definition) is 6. The summed E-state index contributed by atoms with van der Waals surface area (Å²) in [5, 5.41) is 0. The van der Waals surface area contributed by atoms with Gasteiger partial charge in [-0.05, 0) is 6.92 Å². The van der Waals surface area contributed by atoms with Crippen LogP contribution in [0.15, 0.2) is 9.72 Å². The number of thiazole rings is 1. The monoisotopic (exact) mass is 246 g/mol. The molecule has 5 nitrogen and oxygen atoms in total. The summed E-state index contributed by atoms with van der Waals surface area (Å²) in [4.78, 5) is 25.8. The molecule has 7 heteroatoms. The van der Waals surface area contributed by atoms with E-state index in [0.29, 0.717) is 10.8 Å². The predicted molar refractivity (Wildman–Crippen MR) is 58.0 cm³/mol. The first kappa shape index (κ1) is 12.0. The minimum absolute atomic E-state index is 0.134. The van der Waals surface area contributed by atoms with Gasteiger partial charge >= 0.3 is 5.97 Å². The molecule has 1 amide bonds. The molecule has 0 aliphatic carbocycles. The average molecular weight is 246 g/mol. The fraction of sp³-hybridized carbons (Fsp3) is 0.375. The van der Waals surface area contributed by atoms with Crippen LogP contribution in [0.2, 0.25) is 0 Å². The van der Waals surface area contributed by atoms with Gasteiger partial charge in [0, 0.05) is 0 Å². The highest BCUT2D eigenvalue weighted by Crippen LogP contribution is 2.26. The quantitative estimate of drug-likeness (QED) is 0.616. The van der Waals surface area contributed by atoms with Crippen LogP contribution >= 0.6 is 23.1 Å². The molecule has 0 aliphatic heterocycles. The third-order valence-corrected chi connectivity index (χ3v) is 3.49. The van der Waals surface area contributed by atoms with Crippen LogP contribution in [0, 0.1) is 0 Å². The number of hydrogen-bond donors (Lipinski definition) is 1. The molecule has 0 radical (unpaired) electrons. The number of carbonyl (C=O) groups excluding carboxylic acids is 2. The van der Waals surface area contributed by atoms with Crippen LogP contribution in [-0.2, 0) is 9.53 Å². The minimum Gasteiger partial charge on any atom is -0.461 e. The Bertz CT molecular complexity index is 365. The first-order valence-corrected chi connectivity index (χ1v) is 6.03. The third kappa shape index (κ3) is 3.52. The summed E-state index contributed by atoms with van der Waals surface area (Å²) < 4.78 is 5.47. The molecule has 2 N–H and O–H groups in total. The molecule has 82 valence electrons. The van der Waals surface area contributed by atoms with E-state index in [9.17, 15) is 9.59 Å². The number of primary amides is 1. The molecule has 0 saturated carbocycles. The molecule has 0 bridgehead atoms. The van der Waals surface area contributed by atoms with E-state index in [0.717, 1.165) is 0 Å². The third-order valence-electron chi connectivity index (χ3n) is 1.35. The molecule has 0 unspecified atom stereocenters. The number of rotatable bonds is 5. The number of nitrogens with two attached hydrogens (primary N) is 1. The van der Waals surface area contributed by atoms with Gasteiger partial charge in [-0.3, -0.25) is 4.79 Å². The van der Waals surface area contributed by atoms with Crippen molar-refractivity contribution in [1.82, 2.24) is 4.98 Å². The van der Waals surface area contributed by atoms with Gasteiger partial charge in [0.05, 0.1) is 22.1 Å². The molecular formula is C8H10N2O3S2. The van der Waals surface area contributed by atoms with Gasteiger partial charge in [-0.25, -0.2) is 9.78 Å². The summed E-state index contributed by atoms with van der Waals surface area (Å²) >= 11 is 2.49. The lowest BCUT2D eigenvalue weighted by Gasteiger charge is -2.00. The molecule has 0 saturated heterocycles. The van der Waals surface area contributed by atoms with Gasteiger partial charge in [0.25, 0.3) is 0 Å². The van der Waals surface area contributed by atoms with Crippen molar-refractivity contribution in [2.75, 3.05) is 12.4 Å². The fourth-order valence-corrected chi connectivity index (χ4v) is 2.44. The molecule has 0 aromatic carbocycles. The Morgan fingerprint density at radius 2 is 2.40 bits per heavy atom. The number of aromatic nitrogens is 1. The van der Waals surface area contributed by atoms with Gasteiger partial charge in [0.2, 0.25) is 5.91 Å². The van der Waals surface area contributed by atoms with Crippen molar-refractivity contribution in [3.63, 3.8) is 0 Å². The summed E-state index contributed by atoms with van der Waals surface area (Å²) in [5.41, 5.74) is 6.80. The molecular weight excluding hydrogens is 236 g/mol. The number of amides is 1. The summed E-state index contributed by atoms with van der Waals surface area (Å²) in [6.07, 6.45) is 0. The van der Waals surface area contributed by atoms with Crippen molar-refractivity contribution in [2.24, 2.45) is 5.73 Å². The lowest BCUT2D eigenvalue weighted by molar-refractivity contribution is -0.115. The summed E-state index contributed by atoms with van der Waals surface area (Å²) in [6.45, 7) is 2.02. The Labute approximate surface area is 95.0 Å². The van der Waals surface area contributed by atoms with Crippen molar-refractivity contribution in [3.8, 4) is 0 Å². The Morgan fingerprint density at radius 1 is 1.67 bits per heavy atom.